The van der Waals surface area contributed by atoms with Crippen LogP contribution >= 0.6 is 0 Å². The van der Waals surface area contributed by atoms with E-state index >= 15 is 0 Å². The van der Waals surface area contributed by atoms with Crippen LogP contribution in [0.5, 0.6) is 0 Å². The molecule has 3 rings (SSSR count). The van der Waals surface area contributed by atoms with Gasteiger partial charge >= 0.3 is 0 Å². The number of nitrogens with zero attached hydrogens (tertiary/aromatic N) is 4. The average molecular weight is 271 g/mol. The molecule has 0 spiro atoms. The first-order chi connectivity index (χ1) is 9.42. The summed E-state index contributed by atoms with van der Waals surface area (Å²) in [6.45, 7) is 5.47. The van der Waals surface area contributed by atoms with Crippen molar-refractivity contribution in [2.45, 2.75) is 32.8 Å². The third-order valence-electron chi connectivity index (χ3n) is 3.11. The molecule has 0 radical (unpaired) electrons. The van der Waals surface area contributed by atoms with Gasteiger partial charge in [0.05, 0.1) is 17.0 Å². The van der Waals surface area contributed by atoms with Crippen LogP contribution in [0.3, 0.4) is 0 Å². The largest absolute Gasteiger partial charge is 0.390 e. The molecule has 6 nitrogen and oxygen atoms in total. The Morgan fingerprint density at radius 3 is 2.70 bits per heavy atom. The fraction of sp³-hybridized carbons (Fsp3) is 0.357. The summed E-state index contributed by atoms with van der Waals surface area (Å²) in [5.41, 5.74) is 3.64. The van der Waals surface area contributed by atoms with Crippen LogP contribution in [0.15, 0.2) is 24.5 Å². The molecule has 0 aromatic carbocycles. The van der Waals surface area contributed by atoms with Crippen molar-refractivity contribution in [3.8, 4) is 11.3 Å². The summed E-state index contributed by atoms with van der Waals surface area (Å²) in [4.78, 5) is 4.50. The van der Waals surface area contributed by atoms with E-state index in [0.29, 0.717) is 6.42 Å². The maximum atomic E-state index is 9.87. The Morgan fingerprint density at radius 2 is 2.05 bits per heavy atom. The lowest BCUT2D eigenvalue weighted by Crippen LogP contribution is -2.21. The van der Waals surface area contributed by atoms with Gasteiger partial charge in [0.15, 0.2) is 0 Å². The van der Waals surface area contributed by atoms with Crippen LogP contribution < -0.4 is 0 Å². The first kappa shape index (κ1) is 12.8. The molecule has 104 valence electrons. The summed E-state index contributed by atoms with van der Waals surface area (Å²) >= 11 is 0. The Bertz CT molecular complexity index is 750. The fourth-order valence-corrected chi connectivity index (χ4v) is 2.27. The number of aliphatic hydroxyl groups is 1. The Labute approximate surface area is 116 Å². The van der Waals surface area contributed by atoms with Gasteiger partial charge in [-0.15, -0.1) is 0 Å². The number of hydrogen-bond donors (Lipinski definition) is 2. The second-order valence-corrected chi connectivity index (χ2v) is 5.66. The predicted molar refractivity (Wildman–Crippen MR) is 75.3 cm³/mol. The molecule has 0 aliphatic heterocycles. The van der Waals surface area contributed by atoms with E-state index in [4.69, 9.17) is 0 Å². The quantitative estimate of drug-likeness (QED) is 0.760. The molecule has 0 bridgehead atoms. The Morgan fingerprint density at radius 1 is 1.25 bits per heavy atom. The molecule has 3 aromatic rings. The molecular formula is C14H17N5O. The number of nitrogens with one attached hydrogen (secondary N) is 1. The van der Waals surface area contributed by atoms with Crippen LogP contribution in [-0.2, 0) is 6.42 Å². The molecule has 0 saturated carbocycles. The zero-order chi connectivity index (χ0) is 14.3. The van der Waals surface area contributed by atoms with E-state index in [2.05, 4.69) is 20.4 Å². The molecule has 0 saturated heterocycles. The van der Waals surface area contributed by atoms with Gasteiger partial charge in [0, 0.05) is 24.4 Å². The first-order valence-corrected chi connectivity index (χ1v) is 6.50. The van der Waals surface area contributed by atoms with E-state index in [0.717, 1.165) is 28.3 Å². The number of fused-ring (bicyclic) bond motifs is 1. The highest BCUT2D eigenvalue weighted by molar-refractivity contribution is 5.62. The molecule has 6 heteroatoms. The lowest BCUT2D eigenvalue weighted by atomic mass is 10.0. The highest BCUT2D eigenvalue weighted by Crippen LogP contribution is 2.20. The van der Waals surface area contributed by atoms with E-state index in [1.807, 2.05) is 35.9 Å². The predicted octanol–water partition coefficient (Wildman–Crippen LogP) is 1.74. The molecule has 0 aliphatic rings. The van der Waals surface area contributed by atoms with E-state index in [1.165, 1.54) is 0 Å². The number of H-pyrrole nitrogens is 1. The highest BCUT2D eigenvalue weighted by Gasteiger charge is 2.16. The summed E-state index contributed by atoms with van der Waals surface area (Å²) in [6, 6.07) is 3.92. The molecule has 0 fully saturated rings. The molecule has 3 aromatic heterocycles. The van der Waals surface area contributed by atoms with Crippen LogP contribution in [0, 0.1) is 6.92 Å². The maximum absolute atomic E-state index is 9.87. The Balaban J connectivity index is 2.02. The van der Waals surface area contributed by atoms with Crippen LogP contribution in [0.1, 0.15) is 25.2 Å². The Hall–Kier alpha value is -2.21. The normalized spacial score (nSPS) is 12.2. The standard InChI is InChI=1S/C14H17N5O/c1-9-13(17-18-16-9)10-4-5-12-15-11(6-14(2,3)20)8-19(12)7-10/h4-5,7-8,20H,6H2,1-3H3,(H,16,17,18). The zero-order valence-corrected chi connectivity index (χ0v) is 11.8. The van der Waals surface area contributed by atoms with Gasteiger partial charge in [-0.05, 0) is 32.9 Å². The molecule has 0 amide bonds. The first-order valence-electron chi connectivity index (χ1n) is 6.50. The monoisotopic (exact) mass is 271 g/mol. The average Bonchev–Trinajstić information content (AvgIpc) is 2.91. The van der Waals surface area contributed by atoms with Gasteiger partial charge in [-0.1, -0.05) is 0 Å². The van der Waals surface area contributed by atoms with Crippen LogP contribution in [-0.4, -0.2) is 35.5 Å². The van der Waals surface area contributed by atoms with E-state index in [9.17, 15) is 5.11 Å². The van der Waals surface area contributed by atoms with Crippen molar-refractivity contribution >= 4 is 5.65 Å². The van der Waals surface area contributed by atoms with Gasteiger partial charge in [0.1, 0.15) is 11.3 Å². The minimum absolute atomic E-state index is 0.521. The molecule has 2 N–H and O–H groups in total. The lowest BCUT2D eigenvalue weighted by Gasteiger charge is -2.14. The zero-order valence-electron chi connectivity index (χ0n) is 11.8. The molecule has 0 unspecified atom stereocenters. The molecule has 0 atom stereocenters. The van der Waals surface area contributed by atoms with Gasteiger partial charge in [-0.25, -0.2) is 4.98 Å². The second kappa shape index (κ2) is 4.42. The van der Waals surface area contributed by atoms with E-state index in [1.54, 1.807) is 13.8 Å². The third kappa shape index (κ3) is 2.42. The number of hydrogen-bond acceptors (Lipinski definition) is 4. The van der Waals surface area contributed by atoms with Gasteiger partial charge < -0.3 is 9.51 Å². The van der Waals surface area contributed by atoms with Crippen LogP contribution in [0.4, 0.5) is 0 Å². The maximum Gasteiger partial charge on any atom is 0.137 e. The topological polar surface area (TPSA) is 79.1 Å². The van der Waals surface area contributed by atoms with Crippen molar-refractivity contribution in [3.05, 3.63) is 35.9 Å². The second-order valence-electron chi connectivity index (χ2n) is 5.66. The number of pyridine rings is 1. The van der Waals surface area contributed by atoms with Crippen molar-refractivity contribution in [1.82, 2.24) is 24.8 Å². The van der Waals surface area contributed by atoms with Gasteiger partial charge in [0.25, 0.3) is 0 Å². The SMILES string of the molecule is Cc1n[nH]nc1-c1ccc2nc(CC(C)(C)O)cn2c1. The smallest absolute Gasteiger partial charge is 0.137 e. The lowest BCUT2D eigenvalue weighted by molar-refractivity contribution is 0.0801. The van der Waals surface area contributed by atoms with Gasteiger partial charge in [0.2, 0.25) is 0 Å². The number of aryl methyl sites for hydroxylation is 1. The number of rotatable bonds is 3. The highest BCUT2D eigenvalue weighted by atomic mass is 16.3. The summed E-state index contributed by atoms with van der Waals surface area (Å²) in [5.74, 6) is 0. The van der Waals surface area contributed by atoms with Crippen molar-refractivity contribution in [1.29, 1.82) is 0 Å². The fourth-order valence-electron chi connectivity index (χ4n) is 2.27. The van der Waals surface area contributed by atoms with Crippen molar-refractivity contribution in [2.75, 3.05) is 0 Å². The summed E-state index contributed by atoms with van der Waals surface area (Å²) in [7, 11) is 0. The molecule has 3 heterocycles. The summed E-state index contributed by atoms with van der Waals surface area (Å²) in [6.07, 6.45) is 4.43. The minimum atomic E-state index is -0.760. The van der Waals surface area contributed by atoms with Crippen LogP contribution in [0.25, 0.3) is 16.9 Å². The van der Waals surface area contributed by atoms with Gasteiger partial charge in [-0.3, -0.25) is 0 Å². The van der Waals surface area contributed by atoms with E-state index in [-0.39, 0.29) is 0 Å². The summed E-state index contributed by atoms with van der Waals surface area (Å²) in [5, 5.41) is 20.7. The number of aromatic amines is 1. The molecule has 20 heavy (non-hydrogen) atoms. The molecule has 0 aliphatic carbocycles. The summed E-state index contributed by atoms with van der Waals surface area (Å²) < 4.78 is 1.95. The van der Waals surface area contributed by atoms with Crippen molar-refractivity contribution < 1.29 is 5.11 Å². The van der Waals surface area contributed by atoms with Crippen LogP contribution in [0.2, 0.25) is 0 Å². The van der Waals surface area contributed by atoms with Crippen molar-refractivity contribution in [3.63, 3.8) is 0 Å². The Kier molecular flexibility index (Phi) is 2.83. The van der Waals surface area contributed by atoms with Gasteiger partial charge in [-0.2, -0.15) is 15.4 Å². The number of imidazole rings is 1. The molecular weight excluding hydrogens is 254 g/mol. The van der Waals surface area contributed by atoms with E-state index < -0.39 is 5.60 Å². The number of aromatic nitrogens is 5. The third-order valence-corrected chi connectivity index (χ3v) is 3.11. The van der Waals surface area contributed by atoms with Crippen molar-refractivity contribution in [2.24, 2.45) is 0 Å². The minimum Gasteiger partial charge on any atom is -0.390 e.